The highest BCUT2D eigenvalue weighted by atomic mass is 31.2. The summed E-state index contributed by atoms with van der Waals surface area (Å²) in [6.45, 7) is 4.92. The second kappa shape index (κ2) is 21.3. The molecule has 0 rings (SSSR count). The molecule has 0 aromatic rings. The first kappa shape index (κ1) is 29.0. The largest absolute Gasteiger partial charge is 0.496 e. The summed E-state index contributed by atoms with van der Waals surface area (Å²) < 4.78 is 20.6. The van der Waals surface area contributed by atoms with Gasteiger partial charge in [-0.2, -0.15) is 4.89 Å². The van der Waals surface area contributed by atoms with E-state index in [2.05, 4.69) is 18.5 Å². The van der Waals surface area contributed by atoms with E-state index in [1.54, 1.807) is 0 Å². The number of phosphoric acid groups is 1. The highest BCUT2D eigenvalue weighted by Gasteiger charge is 2.20. The van der Waals surface area contributed by atoms with E-state index in [1.807, 2.05) is 0 Å². The molecule has 0 aliphatic carbocycles. The Morgan fingerprint density at radius 1 is 0.655 bits per heavy atom. The Balaban J connectivity index is 3.66. The Bertz CT molecular complexity index is 374. The molecule has 0 aliphatic heterocycles. The van der Waals surface area contributed by atoms with E-state index in [4.69, 9.17) is 19.4 Å². The average molecular weight is 439 g/mol. The summed E-state index contributed by atoms with van der Waals surface area (Å²) in [7, 11) is -4.64. The predicted molar refractivity (Wildman–Crippen MR) is 118 cm³/mol. The number of hydrogen-bond acceptors (Lipinski definition) is 4. The van der Waals surface area contributed by atoms with Crippen molar-refractivity contribution in [2.75, 3.05) is 6.61 Å². The van der Waals surface area contributed by atoms with Gasteiger partial charge in [0.05, 0.1) is 0 Å². The second-order valence-electron chi connectivity index (χ2n) is 8.05. The SMILES string of the molecule is CCCCCCCCCCCCCCCC(OCCCCCC)OOP(=O)(O)O. The van der Waals surface area contributed by atoms with Gasteiger partial charge in [-0.3, -0.25) is 0 Å². The zero-order chi connectivity index (χ0) is 21.6. The lowest BCUT2D eigenvalue weighted by molar-refractivity contribution is -0.329. The average Bonchev–Trinajstić information content (AvgIpc) is 2.68. The van der Waals surface area contributed by atoms with Crippen molar-refractivity contribution < 1.29 is 28.7 Å². The molecule has 0 bridgehead atoms. The topological polar surface area (TPSA) is 85.2 Å². The van der Waals surface area contributed by atoms with Gasteiger partial charge < -0.3 is 14.5 Å². The Kier molecular flexibility index (Phi) is 21.3. The van der Waals surface area contributed by atoms with Gasteiger partial charge in [-0.15, -0.1) is 4.67 Å². The maximum Gasteiger partial charge on any atom is 0.496 e. The van der Waals surface area contributed by atoms with Gasteiger partial charge in [0.15, 0.2) is 6.29 Å². The van der Waals surface area contributed by atoms with Gasteiger partial charge in [-0.25, -0.2) is 4.57 Å². The van der Waals surface area contributed by atoms with Crippen LogP contribution in [0.4, 0.5) is 0 Å². The van der Waals surface area contributed by atoms with Crippen molar-refractivity contribution in [2.45, 2.75) is 136 Å². The van der Waals surface area contributed by atoms with E-state index >= 15 is 0 Å². The predicted octanol–water partition coefficient (Wildman–Crippen LogP) is 7.43. The maximum absolute atomic E-state index is 10.8. The molecule has 0 radical (unpaired) electrons. The van der Waals surface area contributed by atoms with Crippen molar-refractivity contribution in [2.24, 2.45) is 0 Å². The lowest BCUT2D eigenvalue weighted by Crippen LogP contribution is -2.18. The molecule has 7 heteroatoms. The first-order valence-corrected chi connectivity index (χ1v) is 13.5. The van der Waals surface area contributed by atoms with Crippen LogP contribution in [-0.2, 0) is 18.9 Å². The Morgan fingerprint density at radius 3 is 1.52 bits per heavy atom. The molecule has 0 saturated carbocycles. The third-order valence-corrected chi connectivity index (χ3v) is 5.37. The zero-order valence-electron chi connectivity index (χ0n) is 19.0. The highest BCUT2D eigenvalue weighted by molar-refractivity contribution is 7.46. The van der Waals surface area contributed by atoms with Crippen LogP contribution in [0.3, 0.4) is 0 Å². The molecular weight excluding hydrogens is 391 g/mol. The third kappa shape index (κ3) is 24.2. The Labute approximate surface area is 179 Å². The minimum absolute atomic E-state index is 0.521. The number of rotatable bonds is 23. The number of unbranched alkanes of at least 4 members (excludes halogenated alkanes) is 15. The smallest absolute Gasteiger partial charge is 0.350 e. The first-order chi connectivity index (χ1) is 14.0. The maximum atomic E-state index is 10.8. The molecule has 0 aromatic heterocycles. The van der Waals surface area contributed by atoms with Crippen molar-refractivity contribution >= 4 is 7.82 Å². The summed E-state index contributed by atoms with van der Waals surface area (Å²) in [4.78, 5) is 22.4. The minimum atomic E-state index is -4.64. The second-order valence-corrected chi connectivity index (χ2v) is 9.18. The fourth-order valence-electron chi connectivity index (χ4n) is 3.34. The molecule has 29 heavy (non-hydrogen) atoms. The van der Waals surface area contributed by atoms with E-state index in [0.717, 1.165) is 38.5 Å². The number of hydrogen-bond donors (Lipinski definition) is 2. The van der Waals surface area contributed by atoms with Crippen LogP contribution in [0.25, 0.3) is 0 Å². The molecule has 6 nitrogen and oxygen atoms in total. The molecule has 0 aromatic carbocycles. The standard InChI is InChI=1S/C22H47O6P/c1-3-5-7-9-10-11-12-13-14-15-16-17-18-20-22(27-28-29(23,24)25)26-21-19-8-6-4-2/h22H,3-21H2,1-2H3,(H2,23,24,25). The van der Waals surface area contributed by atoms with E-state index < -0.39 is 14.1 Å². The lowest BCUT2D eigenvalue weighted by Gasteiger charge is -2.17. The molecule has 0 amide bonds. The van der Waals surface area contributed by atoms with Gasteiger partial charge in [0, 0.05) is 13.0 Å². The van der Waals surface area contributed by atoms with Gasteiger partial charge >= 0.3 is 7.82 Å². The van der Waals surface area contributed by atoms with Gasteiger partial charge in [0.25, 0.3) is 0 Å². The normalized spacial score (nSPS) is 13.1. The zero-order valence-corrected chi connectivity index (χ0v) is 19.9. The van der Waals surface area contributed by atoms with Crippen molar-refractivity contribution in [3.8, 4) is 0 Å². The van der Waals surface area contributed by atoms with Crippen LogP contribution in [-0.4, -0.2) is 22.7 Å². The Morgan fingerprint density at radius 2 is 1.07 bits per heavy atom. The summed E-state index contributed by atoms with van der Waals surface area (Å²) >= 11 is 0. The molecule has 0 spiro atoms. The number of ether oxygens (including phenoxy) is 1. The fourth-order valence-corrected chi connectivity index (χ4v) is 3.54. The molecular formula is C22H47O6P. The summed E-state index contributed by atoms with van der Waals surface area (Å²) in [6, 6.07) is 0. The summed E-state index contributed by atoms with van der Waals surface area (Å²) in [6.07, 6.45) is 20.8. The van der Waals surface area contributed by atoms with Crippen LogP contribution in [0.1, 0.15) is 129 Å². The molecule has 1 atom stereocenters. The van der Waals surface area contributed by atoms with Crippen LogP contribution in [0.2, 0.25) is 0 Å². The fraction of sp³-hybridized carbons (Fsp3) is 1.00. The van der Waals surface area contributed by atoms with Crippen LogP contribution >= 0.6 is 7.82 Å². The summed E-state index contributed by atoms with van der Waals surface area (Å²) in [5.41, 5.74) is 0. The Hall–Kier alpha value is 0.0300. The van der Waals surface area contributed by atoms with Gasteiger partial charge in [0.2, 0.25) is 0 Å². The van der Waals surface area contributed by atoms with E-state index in [-0.39, 0.29) is 0 Å². The quantitative estimate of drug-likeness (QED) is 0.0567. The molecule has 0 aliphatic rings. The third-order valence-electron chi connectivity index (χ3n) is 5.09. The van der Waals surface area contributed by atoms with E-state index in [0.29, 0.717) is 13.0 Å². The van der Waals surface area contributed by atoms with Gasteiger partial charge in [0.1, 0.15) is 0 Å². The molecule has 2 N–H and O–H groups in total. The van der Waals surface area contributed by atoms with Crippen LogP contribution in [0.5, 0.6) is 0 Å². The minimum Gasteiger partial charge on any atom is -0.350 e. The van der Waals surface area contributed by atoms with Gasteiger partial charge in [-0.05, 0) is 12.8 Å². The molecule has 176 valence electrons. The van der Waals surface area contributed by atoms with Crippen molar-refractivity contribution in [1.29, 1.82) is 0 Å². The van der Waals surface area contributed by atoms with Crippen molar-refractivity contribution in [3.63, 3.8) is 0 Å². The molecule has 0 fully saturated rings. The summed E-state index contributed by atoms with van der Waals surface area (Å²) in [5, 5.41) is 0. The van der Waals surface area contributed by atoms with Crippen LogP contribution < -0.4 is 0 Å². The molecule has 1 unspecified atom stereocenters. The first-order valence-electron chi connectivity index (χ1n) is 12.0. The van der Waals surface area contributed by atoms with Gasteiger partial charge in [-0.1, -0.05) is 110 Å². The molecule has 0 heterocycles. The van der Waals surface area contributed by atoms with Crippen LogP contribution in [0, 0.1) is 0 Å². The van der Waals surface area contributed by atoms with Crippen molar-refractivity contribution in [3.05, 3.63) is 0 Å². The summed E-state index contributed by atoms with van der Waals surface area (Å²) in [5.74, 6) is 0. The van der Waals surface area contributed by atoms with Crippen molar-refractivity contribution in [1.82, 2.24) is 0 Å². The van der Waals surface area contributed by atoms with E-state index in [9.17, 15) is 4.57 Å². The highest BCUT2D eigenvalue weighted by Crippen LogP contribution is 2.36. The van der Waals surface area contributed by atoms with E-state index in [1.165, 1.54) is 70.6 Å². The monoisotopic (exact) mass is 438 g/mol. The van der Waals surface area contributed by atoms with Crippen LogP contribution in [0.15, 0.2) is 0 Å². The lowest BCUT2D eigenvalue weighted by atomic mass is 10.0. The molecule has 0 saturated heterocycles.